The van der Waals surface area contributed by atoms with Crippen LogP contribution in [-0.2, 0) is 6.61 Å². The first-order chi connectivity index (χ1) is 8.36. The fraction of sp³-hybridized carbons (Fsp3) is 0.833. The van der Waals surface area contributed by atoms with E-state index in [1.54, 1.807) is 0 Å². The van der Waals surface area contributed by atoms with Gasteiger partial charge in [0.25, 0.3) is 0 Å². The Hall–Kier alpha value is -0.940. The predicted molar refractivity (Wildman–Crippen MR) is 63.4 cm³/mol. The van der Waals surface area contributed by atoms with Gasteiger partial charge in [0, 0.05) is 12.6 Å². The Labute approximate surface area is 101 Å². The van der Waals surface area contributed by atoms with E-state index in [1.807, 2.05) is 10.9 Å². The molecule has 1 N–H and O–H groups in total. The van der Waals surface area contributed by atoms with Gasteiger partial charge in [-0.3, -0.25) is 4.90 Å². The molecule has 0 aromatic carbocycles. The van der Waals surface area contributed by atoms with E-state index >= 15 is 0 Å². The third kappa shape index (κ3) is 2.21. The van der Waals surface area contributed by atoms with E-state index in [-0.39, 0.29) is 6.61 Å². The molecular formula is C12H20N4O. The van der Waals surface area contributed by atoms with Crippen LogP contribution in [0, 0.1) is 0 Å². The summed E-state index contributed by atoms with van der Waals surface area (Å²) in [7, 11) is 0. The van der Waals surface area contributed by atoms with Gasteiger partial charge in [-0.05, 0) is 32.2 Å². The smallest absolute Gasteiger partial charge is 0.108 e. The van der Waals surface area contributed by atoms with E-state index in [0.717, 1.165) is 12.6 Å². The van der Waals surface area contributed by atoms with Crippen molar-refractivity contribution in [2.24, 2.45) is 0 Å². The van der Waals surface area contributed by atoms with Crippen LogP contribution in [-0.4, -0.2) is 44.1 Å². The minimum atomic E-state index is -0.0148. The van der Waals surface area contributed by atoms with Gasteiger partial charge in [-0.1, -0.05) is 11.6 Å². The molecule has 0 radical (unpaired) electrons. The minimum Gasteiger partial charge on any atom is -0.390 e. The molecule has 1 atom stereocenters. The largest absolute Gasteiger partial charge is 0.390 e. The van der Waals surface area contributed by atoms with Crippen molar-refractivity contribution in [3.63, 3.8) is 0 Å². The number of rotatable bonds is 3. The summed E-state index contributed by atoms with van der Waals surface area (Å²) in [6.45, 7) is 2.32. The van der Waals surface area contributed by atoms with Gasteiger partial charge in [0.1, 0.15) is 5.69 Å². The lowest BCUT2D eigenvalue weighted by Gasteiger charge is -2.42. The summed E-state index contributed by atoms with van der Waals surface area (Å²) in [6.07, 6.45) is 8.43. The van der Waals surface area contributed by atoms with Gasteiger partial charge in [0.15, 0.2) is 0 Å². The van der Waals surface area contributed by atoms with Crippen molar-refractivity contribution in [2.45, 2.75) is 50.8 Å². The quantitative estimate of drug-likeness (QED) is 0.849. The number of piperidine rings is 1. The number of nitrogens with zero attached hydrogens (tertiary/aromatic N) is 4. The first-order valence-electron chi connectivity index (χ1n) is 6.62. The van der Waals surface area contributed by atoms with Crippen LogP contribution in [0.2, 0.25) is 0 Å². The number of aromatic nitrogens is 3. The van der Waals surface area contributed by atoms with Gasteiger partial charge in [-0.25, -0.2) is 4.68 Å². The molecule has 1 saturated heterocycles. The summed E-state index contributed by atoms with van der Waals surface area (Å²) in [5, 5.41) is 17.1. The van der Waals surface area contributed by atoms with Crippen molar-refractivity contribution in [1.82, 2.24) is 19.9 Å². The average Bonchev–Trinajstić information content (AvgIpc) is 2.75. The molecule has 2 fully saturated rings. The normalized spacial score (nSPS) is 27.0. The monoisotopic (exact) mass is 236 g/mol. The molecule has 94 valence electrons. The highest BCUT2D eigenvalue weighted by Crippen LogP contribution is 2.30. The molecule has 2 aliphatic rings. The van der Waals surface area contributed by atoms with E-state index in [0.29, 0.717) is 11.7 Å². The standard InChI is InChI=1S/C12H20N4O/c17-9-10-7-16(14-13-10)12-5-2-6-15(8-12)11-3-1-4-11/h7,11-12,17H,1-6,8-9H2/t12-/m0/s1. The maximum absolute atomic E-state index is 9.01. The third-order valence-corrected chi connectivity index (χ3v) is 4.11. The Morgan fingerprint density at radius 2 is 2.06 bits per heavy atom. The van der Waals surface area contributed by atoms with E-state index in [4.69, 9.17) is 5.11 Å². The maximum atomic E-state index is 9.01. The number of aliphatic hydroxyl groups is 1. The highest BCUT2D eigenvalue weighted by atomic mass is 16.3. The lowest BCUT2D eigenvalue weighted by Crippen LogP contribution is -2.46. The van der Waals surface area contributed by atoms with Gasteiger partial charge in [0.2, 0.25) is 0 Å². The molecule has 1 aliphatic heterocycles. The van der Waals surface area contributed by atoms with Crippen molar-refractivity contribution in [3.05, 3.63) is 11.9 Å². The Morgan fingerprint density at radius 3 is 2.71 bits per heavy atom. The number of hydrogen-bond donors (Lipinski definition) is 1. The van der Waals surface area contributed by atoms with Crippen molar-refractivity contribution < 1.29 is 5.11 Å². The molecule has 1 aromatic heterocycles. The number of likely N-dealkylation sites (tertiary alicyclic amines) is 1. The first-order valence-corrected chi connectivity index (χ1v) is 6.62. The average molecular weight is 236 g/mol. The first kappa shape index (κ1) is 11.2. The second kappa shape index (κ2) is 4.74. The van der Waals surface area contributed by atoms with Crippen LogP contribution in [0.5, 0.6) is 0 Å². The van der Waals surface area contributed by atoms with Crippen molar-refractivity contribution >= 4 is 0 Å². The molecule has 3 rings (SSSR count). The topological polar surface area (TPSA) is 54.2 Å². The van der Waals surface area contributed by atoms with Crippen molar-refractivity contribution in [2.75, 3.05) is 13.1 Å². The lowest BCUT2D eigenvalue weighted by molar-refractivity contribution is 0.0760. The molecule has 1 aromatic rings. The van der Waals surface area contributed by atoms with Crippen LogP contribution < -0.4 is 0 Å². The summed E-state index contributed by atoms with van der Waals surface area (Å²) in [4.78, 5) is 2.61. The molecule has 1 aliphatic carbocycles. The summed E-state index contributed by atoms with van der Waals surface area (Å²) < 4.78 is 1.94. The van der Waals surface area contributed by atoms with Gasteiger partial charge in [-0.15, -0.1) is 5.10 Å². The molecule has 5 nitrogen and oxygen atoms in total. The Morgan fingerprint density at radius 1 is 1.24 bits per heavy atom. The molecule has 5 heteroatoms. The van der Waals surface area contributed by atoms with E-state index in [9.17, 15) is 0 Å². The Kier molecular flexibility index (Phi) is 3.11. The molecule has 0 amide bonds. The van der Waals surface area contributed by atoms with E-state index < -0.39 is 0 Å². The Balaban J connectivity index is 1.66. The summed E-state index contributed by atoms with van der Waals surface area (Å²) >= 11 is 0. The van der Waals surface area contributed by atoms with Crippen LogP contribution in [0.3, 0.4) is 0 Å². The molecular weight excluding hydrogens is 216 g/mol. The number of hydrogen-bond acceptors (Lipinski definition) is 4. The van der Waals surface area contributed by atoms with E-state index in [2.05, 4.69) is 15.2 Å². The second-order valence-corrected chi connectivity index (χ2v) is 5.22. The molecule has 0 bridgehead atoms. The van der Waals surface area contributed by atoms with Crippen LogP contribution in [0.4, 0.5) is 0 Å². The molecule has 0 spiro atoms. The van der Waals surface area contributed by atoms with Gasteiger partial charge >= 0.3 is 0 Å². The van der Waals surface area contributed by atoms with Crippen molar-refractivity contribution in [1.29, 1.82) is 0 Å². The third-order valence-electron chi connectivity index (χ3n) is 4.11. The highest BCUT2D eigenvalue weighted by molar-refractivity contribution is 4.93. The zero-order valence-electron chi connectivity index (χ0n) is 10.1. The highest BCUT2D eigenvalue weighted by Gasteiger charge is 2.30. The van der Waals surface area contributed by atoms with Crippen LogP contribution in [0.15, 0.2) is 6.20 Å². The number of aliphatic hydroxyl groups excluding tert-OH is 1. The molecule has 1 saturated carbocycles. The minimum absolute atomic E-state index is 0.0148. The molecule has 2 heterocycles. The van der Waals surface area contributed by atoms with Gasteiger partial charge < -0.3 is 5.11 Å². The molecule has 17 heavy (non-hydrogen) atoms. The summed E-state index contributed by atoms with van der Waals surface area (Å²) in [6, 6.07) is 1.26. The van der Waals surface area contributed by atoms with Crippen LogP contribution in [0.1, 0.15) is 43.8 Å². The van der Waals surface area contributed by atoms with Gasteiger partial charge in [0.05, 0.1) is 18.8 Å². The summed E-state index contributed by atoms with van der Waals surface area (Å²) in [5.74, 6) is 0. The zero-order chi connectivity index (χ0) is 11.7. The lowest BCUT2D eigenvalue weighted by atomic mass is 9.89. The van der Waals surface area contributed by atoms with Crippen molar-refractivity contribution in [3.8, 4) is 0 Å². The predicted octanol–water partition coefficient (Wildman–Crippen LogP) is 0.960. The zero-order valence-corrected chi connectivity index (χ0v) is 10.1. The van der Waals surface area contributed by atoms with Crippen LogP contribution in [0.25, 0.3) is 0 Å². The fourth-order valence-corrected chi connectivity index (χ4v) is 2.85. The SMILES string of the molecule is OCc1cn([C@H]2CCCN(C3CCC3)C2)nn1. The second-order valence-electron chi connectivity index (χ2n) is 5.22. The Bertz CT molecular complexity index is 374. The van der Waals surface area contributed by atoms with Gasteiger partial charge in [-0.2, -0.15) is 0 Å². The maximum Gasteiger partial charge on any atom is 0.108 e. The van der Waals surface area contributed by atoms with E-state index in [1.165, 1.54) is 38.6 Å². The van der Waals surface area contributed by atoms with Crippen LogP contribution >= 0.6 is 0 Å². The summed E-state index contributed by atoms with van der Waals surface area (Å²) in [5.41, 5.74) is 0.672. The fourth-order valence-electron chi connectivity index (χ4n) is 2.85. The molecule has 0 unspecified atom stereocenters.